The zero-order valence-corrected chi connectivity index (χ0v) is 9.21. The van der Waals surface area contributed by atoms with Gasteiger partial charge in [-0.3, -0.25) is 4.57 Å². The van der Waals surface area contributed by atoms with E-state index < -0.39 is 0 Å². The Hall–Kier alpha value is -1.34. The van der Waals surface area contributed by atoms with Gasteiger partial charge in [-0.1, -0.05) is 18.3 Å². The molecule has 0 fully saturated rings. The molecule has 0 unspecified atom stereocenters. The summed E-state index contributed by atoms with van der Waals surface area (Å²) in [4.78, 5) is 2.01. The van der Waals surface area contributed by atoms with Crippen LogP contribution < -0.4 is 4.90 Å². The Kier molecular flexibility index (Phi) is 3.66. The third-order valence-electron chi connectivity index (χ3n) is 1.78. The number of nitriles is 1. The van der Waals surface area contributed by atoms with Crippen molar-refractivity contribution in [1.29, 1.82) is 5.26 Å². The number of rotatable bonds is 4. The number of hydrogen-bond acceptors (Lipinski definition) is 3. The first kappa shape index (κ1) is 10.7. The van der Waals surface area contributed by atoms with Gasteiger partial charge in [0.25, 0.3) is 0 Å². The molecule has 0 spiro atoms. The van der Waals surface area contributed by atoms with E-state index in [-0.39, 0.29) is 0 Å². The quantitative estimate of drug-likeness (QED) is 0.710. The Morgan fingerprint density at radius 2 is 2.36 bits per heavy atom. The third-order valence-corrected chi connectivity index (χ3v) is 2.69. The molecule has 0 N–H and O–H groups in total. The van der Waals surface area contributed by atoms with Gasteiger partial charge >= 0.3 is 0 Å². The maximum Gasteiger partial charge on any atom is 0.113 e. The van der Waals surface area contributed by atoms with Crippen LogP contribution in [0.2, 0.25) is 0 Å². The maximum absolute atomic E-state index is 8.49. The fraction of sp³-hybridized carbons (Fsp3) is 0.300. The van der Waals surface area contributed by atoms with E-state index in [2.05, 4.69) is 12.6 Å². The predicted molar refractivity (Wildman–Crippen MR) is 61.5 cm³/mol. The van der Waals surface area contributed by atoms with E-state index in [4.69, 9.17) is 5.26 Å². The topological polar surface area (TPSA) is 32.0 Å². The van der Waals surface area contributed by atoms with E-state index in [1.165, 1.54) is 11.8 Å². The van der Waals surface area contributed by atoms with Crippen molar-refractivity contribution in [2.45, 2.75) is 5.03 Å². The molecular formula is C10H13N3S. The van der Waals surface area contributed by atoms with Crippen molar-refractivity contribution >= 4 is 23.8 Å². The summed E-state index contributed by atoms with van der Waals surface area (Å²) in [5, 5.41) is 9.54. The van der Waals surface area contributed by atoms with Gasteiger partial charge in [0.2, 0.25) is 0 Å². The molecule has 3 nitrogen and oxygen atoms in total. The van der Waals surface area contributed by atoms with E-state index in [1.54, 1.807) is 6.20 Å². The highest BCUT2D eigenvalue weighted by Gasteiger charge is 2.06. The number of anilines is 1. The predicted octanol–water partition coefficient (Wildman–Crippen LogP) is 2.27. The summed E-state index contributed by atoms with van der Waals surface area (Å²) in [6, 6.07) is 6.12. The Balaban J connectivity index is 2.96. The third kappa shape index (κ3) is 2.12. The van der Waals surface area contributed by atoms with Gasteiger partial charge < -0.3 is 4.90 Å². The zero-order chi connectivity index (χ0) is 10.6. The second kappa shape index (κ2) is 4.77. The smallest absolute Gasteiger partial charge is 0.113 e. The van der Waals surface area contributed by atoms with Gasteiger partial charge in [-0.15, -0.1) is 0 Å². The van der Waals surface area contributed by atoms with Gasteiger partial charge in [0.15, 0.2) is 0 Å². The normalized spacial score (nSPS) is 9.50. The van der Waals surface area contributed by atoms with Crippen LogP contribution in [0.1, 0.15) is 0 Å². The molecule has 0 aliphatic carbocycles. The first-order valence-electron chi connectivity index (χ1n) is 4.21. The molecule has 14 heavy (non-hydrogen) atoms. The highest BCUT2D eigenvalue weighted by atomic mass is 32.2. The van der Waals surface area contributed by atoms with E-state index in [9.17, 15) is 0 Å². The molecule has 0 saturated carbocycles. The Morgan fingerprint density at radius 3 is 2.86 bits per heavy atom. The summed E-state index contributed by atoms with van der Waals surface area (Å²) in [7, 11) is 3.96. The number of thioether (sulfide) groups is 1. The first-order valence-corrected chi connectivity index (χ1v) is 5.20. The van der Waals surface area contributed by atoms with Crippen LogP contribution in [-0.2, 0) is 0 Å². The fourth-order valence-corrected chi connectivity index (χ4v) is 1.88. The number of aromatic nitrogens is 1. The van der Waals surface area contributed by atoms with Crippen molar-refractivity contribution in [3.05, 3.63) is 18.7 Å². The van der Waals surface area contributed by atoms with Crippen LogP contribution in [0.5, 0.6) is 0 Å². The standard InChI is InChI=1S/C10H13N3S/c1-4-13-9(12(2)3)5-6-10(13)14-8-7-11/h4-6H,1,8H2,2-3H3. The van der Waals surface area contributed by atoms with Gasteiger partial charge in [-0.2, -0.15) is 5.26 Å². The molecule has 4 heteroatoms. The minimum absolute atomic E-state index is 0.463. The molecule has 0 aliphatic rings. The second-order valence-corrected chi connectivity index (χ2v) is 3.92. The SMILES string of the molecule is C=Cn1c(SCC#N)ccc1N(C)C. The lowest BCUT2D eigenvalue weighted by molar-refractivity contribution is 0.959. The van der Waals surface area contributed by atoms with Crippen molar-refractivity contribution < 1.29 is 0 Å². The van der Waals surface area contributed by atoms with Crippen LogP contribution in [0.4, 0.5) is 5.82 Å². The van der Waals surface area contributed by atoms with Crippen molar-refractivity contribution in [3.63, 3.8) is 0 Å². The van der Waals surface area contributed by atoms with E-state index in [0.717, 1.165) is 10.8 Å². The number of hydrogen-bond donors (Lipinski definition) is 0. The van der Waals surface area contributed by atoms with Crippen molar-refractivity contribution in [3.8, 4) is 6.07 Å². The fourth-order valence-electron chi connectivity index (χ4n) is 1.19. The van der Waals surface area contributed by atoms with Crippen LogP contribution >= 0.6 is 11.8 Å². The lowest BCUT2D eigenvalue weighted by Gasteiger charge is -2.14. The summed E-state index contributed by atoms with van der Waals surface area (Å²) in [6.45, 7) is 3.75. The summed E-state index contributed by atoms with van der Waals surface area (Å²) < 4.78 is 1.97. The van der Waals surface area contributed by atoms with E-state index in [0.29, 0.717) is 5.75 Å². The molecule has 74 valence electrons. The molecule has 1 aromatic rings. The summed E-state index contributed by atoms with van der Waals surface area (Å²) in [6.07, 6.45) is 1.76. The van der Waals surface area contributed by atoms with Gasteiger partial charge in [0.05, 0.1) is 16.8 Å². The molecule has 0 saturated heterocycles. The van der Waals surface area contributed by atoms with Gasteiger partial charge in [0.1, 0.15) is 5.82 Å². The Bertz CT molecular complexity index is 360. The lowest BCUT2D eigenvalue weighted by atomic mass is 10.6. The van der Waals surface area contributed by atoms with Gasteiger partial charge in [0, 0.05) is 20.3 Å². The second-order valence-electron chi connectivity index (χ2n) is 2.92. The molecular weight excluding hydrogens is 194 g/mol. The largest absolute Gasteiger partial charge is 0.364 e. The van der Waals surface area contributed by atoms with Crippen molar-refractivity contribution in [1.82, 2.24) is 4.57 Å². The molecule has 0 aliphatic heterocycles. The summed E-state index contributed by atoms with van der Waals surface area (Å²) >= 11 is 1.51. The number of nitrogens with zero attached hydrogens (tertiary/aromatic N) is 3. The molecule has 0 atom stereocenters. The van der Waals surface area contributed by atoms with Crippen LogP contribution in [0, 0.1) is 11.3 Å². The first-order chi connectivity index (χ1) is 6.70. The van der Waals surface area contributed by atoms with Gasteiger partial charge in [-0.05, 0) is 12.1 Å². The highest BCUT2D eigenvalue weighted by molar-refractivity contribution is 7.99. The average molecular weight is 207 g/mol. The molecule has 0 radical (unpaired) electrons. The van der Waals surface area contributed by atoms with Crippen LogP contribution in [-0.4, -0.2) is 24.4 Å². The molecule has 0 aromatic carbocycles. The summed E-state index contributed by atoms with van der Waals surface area (Å²) in [5.74, 6) is 1.53. The minimum atomic E-state index is 0.463. The van der Waals surface area contributed by atoms with Gasteiger partial charge in [-0.25, -0.2) is 0 Å². The van der Waals surface area contributed by atoms with Crippen LogP contribution in [0.25, 0.3) is 6.20 Å². The van der Waals surface area contributed by atoms with Crippen molar-refractivity contribution in [2.24, 2.45) is 0 Å². The highest BCUT2D eigenvalue weighted by Crippen LogP contribution is 2.25. The zero-order valence-electron chi connectivity index (χ0n) is 8.40. The monoisotopic (exact) mass is 207 g/mol. The van der Waals surface area contributed by atoms with E-state index in [1.807, 2.05) is 35.7 Å². The summed E-state index contributed by atoms with van der Waals surface area (Å²) in [5.41, 5.74) is 0. The lowest BCUT2D eigenvalue weighted by Crippen LogP contribution is -2.12. The van der Waals surface area contributed by atoms with Crippen LogP contribution in [0.15, 0.2) is 23.7 Å². The molecule has 1 aromatic heterocycles. The Morgan fingerprint density at radius 1 is 1.64 bits per heavy atom. The average Bonchev–Trinajstić information content (AvgIpc) is 2.57. The van der Waals surface area contributed by atoms with Crippen molar-refractivity contribution in [2.75, 3.05) is 24.7 Å². The molecule has 1 heterocycles. The minimum Gasteiger partial charge on any atom is -0.364 e. The molecule has 0 bridgehead atoms. The maximum atomic E-state index is 8.49. The molecule has 1 rings (SSSR count). The van der Waals surface area contributed by atoms with Crippen LogP contribution in [0.3, 0.4) is 0 Å². The molecule has 0 amide bonds. The Labute approximate surface area is 88.6 Å². The van der Waals surface area contributed by atoms with E-state index >= 15 is 0 Å².